The molecule has 20 heteroatoms. The summed E-state index contributed by atoms with van der Waals surface area (Å²) < 4.78 is 39.9. The molecule has 96 heavy (non-hydrogen) atoms. The van der Waals surface area contributed by atoms with E-state index in [1.54, 1.807) is 0 Å². The van der Waals surface area contributed by atoms with Gasteiger partial charge < -0.3 is 50.5 Å². The molecule has 11 rings (SSSR count). The van der Waals surface area contributed by atoms with Gasteiger partial charge in [-0.3, -0.25) is 4.90 Å². The number of rotatable bonds is 32. The number of hydrogen-bond donors (Lipinski definition) is 3. The van der Waals surface area contributed by atoms with Gasteiger partial charge in [0, 0.05) is 84.0 Å². The Morgan fingerprint density at radius 2 is 0.969 bits per heavy atom. The van der Waals surface area contributed by atoms with Gasteiger partial charge in [-0.15, -0.1) is 0 Å². The van der Waals surface area contributed by atoms with E-state index in [1.165, 1.54) is 62.5 Å². The van der Waals surface area contributed by atoms with Crippen molar-refractivity contribution >= 4 is 0 Å². The van der Waals surface area contributed by atoms with E-state index in [9.17, 15) is 0 Å². The van der Waals surface area contributed by atoms with E-state index in [1.807, 2.05) is 0 Å². The topological polar surface area (TPSA) is 286 Å². The first-order valence-corrected chi connectivity index (χ1v) is 37.7. The van der Waals surface area contributed by atoms with Crippen molar-refractivity contribution in [1.29, 1.82) is 0 Å². The van der Waals surface area contributed by atoms with Crippen molar-refractivity contribution in [3.63, 3.8) is 0 Å². The van der Waals surface area contributed by atoms with Crippen LogP contribution >= 0.6 is 0 Å². The minimum Gasteiger partial charge on any atom is -0.378 e. The predicted octanol–water partition coefficient (Wildman–Crippen LogP) is 14.7. The minimum absolute atomic E-state index is 0.0237. The van der Waals surface area contributed by atoms with Crippen LogP contribution in [-0.2, 0) is 41.5 Å². The van der Waals surface area contributed by atoms with Crippen molar-refractivity contribution in [3.05, 3.63) is 103 Å². The number of ether oxygens (including phenoxy) is 6. The van der Waals surface area contributed by atoms with Crippen LogP contribution in [0.4, 0.5) is 0 Å². The lowest BCUT2D eigenvalue weighted by Gasteiger charge is -2.66. The summed E-state index contributed by atoms with van der Waals surface area (Å²) in [5.74, 6) is 5.73. The summed E-state index contributed by atoms with van der Waals surface area (Å²) in [5.41, 5.74) is 48.2. The molecule has 534 valence electrons. The predicted molar refractivity (Wildman–Crippen MR) is 380 cm³/mol. The monoisotopic (exact) mass is 1330 g/mol. The van der Waals surface area contributed by atoms with Crippen LogP contribution in [0.15, 0.2) is 76.0 Å². The molecule has 20 nitrogen and oxygen atoms in total. The van der Waals surface area contributed by atoms with Crippen molar-refractivity contribution in [2.45, 2.75) is 213 Å². The van der Waals surface area contributed by atoms with Crippen molar-refractivity contribution in [1.82, 2.24) is 9.80 Å². The first-order valence-electron chi connectivity index (χ1n) is 37.7. The van der Waals surface area contributed by atoms with Gasteiger partial charge in [0.15, 0.2) is 0 Å². The summed E-state index contributed by atoms with van der Waals surface area (Å²) in [6, 6.07) is 22.3. The third kappa shape index (κ3) is 15.8. The van der Waals surface area contributed by atoms with Crippen LogP contribution in [0.1, 0.15) is 168 Å². The molecule has 0 aliphatic heterocycles. The number of benzene rings is 2. The third-order valence-corrected chi connectivity index (χ3v) is 28.1. The minimum atomic E-state index is -0.0237. The lowest BCUT2D eigenvalue weighted by atomic mass is 9.41. The summed E-state index contributed by atoms with van der Waals surface area (Å²) in [6.07, 6.45) is 21.7. The first-order chi connectivity index (χ1) is 46.5. The molecule has 9 aliphatic carbocycles. The Hall–Kier alpha value is -4.07. The van der Waals surface area contributed by atoms with Gasteiger partial charge in [0.25, 0.3) is 0 Å². The Labute approximate surface area is 575 Å². The highest BCUT2D eigenvalue weighted by molar-refractivity contribution is 5.22. The number of fused-ring (bicyclic) bond motifs is 10. The van der Waals surface area contributed by atoms with E-state index in [4.69, 9.17) is 62.2 Å². The van der Waals surface area contributed by atoms with Crippen LogP contribution in [0.25, 0.3) is 31.3 Å². The molecule has 0 amide bonds. The Morgan fingerprint density at radius 1 is 0.510 bits per heavy atom. The quantitative estimate of drug-likeness (QED) is 0.0268. The number of hydrogen-bond acceptors (Lipinski definition) is 14. The maximum atomic E-state index is 9.00. The van der Waals surface area contributed by atoms with Gasteiger partial charge in [0.2, 0.25) is 0 Å². The molecule has 0 aromatic heterocycles. The van der Waals surface area contributed by atoms with Gasteiger partial charge >= 0.3 is 0 Å². The van der Waals surface area contributed by atoms with E-state index in [0.717, 1.165) is 83.8 Å². The van der Waals surface area contributed by atoms with E-state index in [-0.39, 0.29) is 57.6 Å². The zero-order valence-corrected chi connectivity index (χ0v) is 60.1. The van der Waals surface area contributed by atoms with Crippen molar-refractivity contribution in [2.24, 2.45) is 125 Å². The molecule has 0 spiro atoms. The lowest BCUT2D eigenvalue weighted by molar-refractivity contribution is -0.237. The van der Waals surface area contributed by atoms with E-state index in [2.05, 4.69) is 156 Å². The summed E-state index contributed by atoms with van der Waals surface area (Å²) >= 11 is 0. The molecule has 9 aliphatic rings. The van der Waals surface area contributed by atoms with E-state index < -0.39 is 0 Å². The smallest absolute Gasteiger partial charge is 0.0637 e. The van der Waals surface area contributed by atoms with Gasteiger partial charge in [-0.05, 0) is 245 Å². The molecule has 2 aromatic carbocycles. The van der Waals surface area contributed by atoms with Gasteiger partial charge in [-0.2, -0.15) is 0 Å². The van der Waals surface area contributed by atoms with Crippen molar-refractivity contribution in [3.8, 4) is 0 Å². The molecule has 5 unspecified atom stereocenters. The molecule has 23 atom stereocenters. The van der Waals surface area contributed by atoms with E-state index >= 15 is 0 Å². The zero-order chi connectivity index (χ0) is 68.1. The van der Waals surface area contributed by atoms with Crippen LogP contribution in [0.3, 0.4) is 0 Å². The molecule has 0 heterocycles. The molecule has 9 fully saturated rings. The molecule has 0 saturated heterocycles. The standard InChI is InChI=1S/C38H60N10O3.C38H64N4O3/c1-27(9-8-19-48(4)26-28-10-6-5-7-11-28)31-12-13-32-36-33(25-35(38(31,32)3)51-22-18-44-47-41)37(2)15-14-30(49-20-16-42-45-39)23-29(37)24-34(36)50-21-17-43-46-40;1-36-14-12-28(43-19-16-39)22-27(36)23-31(44-20-17-40)35-29-10-11-32(38(29,3)34(24-30(35)36)45-21-18-41)37(2)15-13-33(37)42(4)25-26-8-6-5-7-9-26/h5-7,10-11,27,29-36H,8-9,12-26H2,1-4H3;5-9,27-35H,10-25,39-41H2,1-4H3/t27-,29?,30+,31-,32+,33+,34-,35+,36?,37+,38-;27?,28-,29-,30-,31+,32+,33?,34-,35?,36-,37+,38-/m10/s1. The Balaban J connectivity index is 0.000000210. The fourth-order valence-electron chi connectivity index (χ4n) is 23.6. The Morgan fingerprint density at radius 3 is 1.51 bits per heavy atom. The van der Waals surface area contributed by atoms with Crippen molar-refractivity contribution in [2.75, 3.05) is 99.5 Å². The Kier molecular flexibility index (Phi) is 26.5. The highest BCUT2D eigenvalue weighted by atomic mass is 16.5. The largest absolute Gasteiger partial charge is 0.378 e. The molecule has 2 aromatic rings. The second-order valence-electron chi connectivity index (χ2n) is 32.6. The zero-order valence-electron chi connectivity index (χ0n) is 60.1. The van der Waals surface area contributed by atoms with Gasteiger partial charge in [0.05, 0.1) is 76.3 Å². The normalized spacial score (nSPS) is 39.1. The fraction of sp³-hybridized carbons (Fsp3) is 0.842. The van der Waals surface area contributed by atoms with Crippen LogP contribution < -0.4 is 17.2 Å². The van der Waals surface area contributed by atoms with Crippen LogP contribution in [-0.4, -0.2) is 152 Å². The highest BCUT2D eigenvalue weighted by Gasteiger charge is 2.71. The first kappa shape index (κ1) is 74.6. The van der Waals surface area contributed by atoms with Crippen LogP contribution in [0, 0.1) is 92.2 Å². The molecule has 9 saturated carbocycles. The number of azide groups is 3. The summed E-state index contributed by atoms with van der Waals surface area (Å²) in [6.45, 7) is 24.5. The third-order valence-electron chi connectivity index (χ3n) is 28.1. The fourth-order valence-corrected chi connectivity index (χ4v) is 23.6. The highest BCUT2D eigenvalue weighted by Crippen LogP contribution is 2.73. The second-order valence-corrected chi connectivity index (χ2v) is 32.6. The van der Waals surface area contributed by atoms with Gasteiger partial charge in [0.1, 0.15) is 0 Å². The average molecular weight is 1330 g/mol. The lowest BCUT2D eigenvalue weighted by Crippen LogP contribution is -2.66. The van der Waals surface area contributed by atoms with Gasteiger partial charge in [-0.1, -0.05) is 118 Å². The average Bonchev–Trinajstić information content (AvgIpc) is 1.39. The van der Waals surface area contributed by atoms with Crippen molar-refractivity contribution < 1.29 is 28.4 Å². The second kappa shape index (κ2) is 34.1. The number of nitrogens with two attached hydrogens (primary N) is 3. The molecular weight excluding hydrogens is 1200 g/mol. The molecule has 6 N–H and O–H groups in total. The van der Waals surface area contributed by atoms with Crippen LogP contribution in [0.5, 0.6) is 0 Å². The van der Waals surface area contributed by atoms with Crippen LogP contribution in [0.2, 0.25) is 0 Å². The molecule has 0 bridgehead atoms. The number of nitrogens with zero attached hydrogens (tertiary/aromatic N) is 11. The summed E-state index contributed by atoms with van der Waals surface area (Å²) in [7, 11) is 4.58. The molecular formula is C76H124N14O6. The van der Waals surface area contributed by atoms with E-state index in [0.29, 0.717) is 156 Å². The maximum Gasteiger partial charge on any atom is 0.0637 e. The SMILES string of the molecule is CN(Cc1ccccc1)C1CC[C@]1(C)[C@H]1CC[C@H]2C3[C@H](OCCN)CC4C[C@@H](OCCN)CC[C@]4(C)[C@H]3C[C@H](OCCN)[C@@]21C.C[C@H](CCCN(C)Cc1ccccc1)[C@H]1CC[C@H]2C3[C@H](OCCN=[N+]=[N-])CC4C[C@@H](OCCN=[N+]=[N-])CC[C@]4(C)[C@H]3C[C@H](OCCN=[N+]=[N-])[C@]12C. The summed E-state index contributed by atoms with van der Waals surface area (Å²) in [5, 5.41) is 11.3. The maximum absolute atomic E-state index is 9.00. The summed E-state index contributed by atoms with van der Waals surface area (Å²) in [4.78, 5) is 13.9. The van der Waals surface area contributed by atoms with Gasteiger partial charge in [-0.25, -0.2) is 0 Å². The molecule has 0 radical (unpaired) electrons. The Bertz CT molecular complexity index is 2890.